The van der Waals surface area contributed by atoms with E-state index in [0.717, 1.165) is 23.9 Å². The van der Waals surface area contributed by atoms with Gasteiger partial charge in [0.1, 0.15) is 18.3 Å². The number of hydrogen-bond acceptors (Lipinski definition) is 11. The molecule has 4 atom stereocenters. The number of aliphatic hydroxyl groups is 1. The van der Waals surface area contributed by atoms with Crippen LogP contribution in [-0.4, -0.2) is 72.1 Å². The lowest BCUT2D eigenvalue weighted by Crippen LogP contribution is -2.37. The number of amides is 1. The van der Waals surface area contributed by atoms with E-state index in [1.165, 1.54) is 0 Å². The summed E-state index contributed by atoms with van der Waals surface area (Å²) >= 11 is 0. The number of primary amides is 1. The maximum absolute atomic E-state index is 11.8. The summed E-state index contributed by atoms with van der Waals surface area (Å²) in [6.45, 7) is -0.443. The predicted octanol–water partition coefficient (Wildman–Crippen LogP) is -0.473. The number of hydrogen-bond donors (Lipinski definition) is 5. The fourth-order valence-corrected chi connectivity index (χ4v) is 3.51. The molecule has 160 valence electrons. The quantitative estimate of drug-likeness (QED) is 0.229. The van der Waals surface area contributed by atoms with E-state index in [4.69, 9.17) is 21.0 Å². The van der Waals surface area contributed by atoms with Gasteiger partial charge in [0, 0.05) is 0 Å². The summed E-state index contributed by atoms with van der Waals surface area (Å²) < 4.78 is 6.43. The number of carbonyl (C=O) groups excluding carboxylic acids is 1. The molecule has 0 bridgehead atoms. The first-order valence-corrected chi connectivity index (χ1v) is 8.96. The van der Waals surface area contributed by atoms with Gasteiger partial charge in [0.05, 0.1) is 0 Å². The Kier molecular flexibility index (Phi) is 6.77. The van der Waals surface area contributed by atoms with Crippen LogP contribution in [0.5, 0.6) is 0 Å². The summed E-state index contributed by atoms with van der Waals surface area (Å²) in [6, 6.07) is 0. The van der Waals surface area contributed by atoms with Gasteiger partial charge in [-0.15, -0.1) is 5.10 Å². The molecule has 1 aromatic rings. The molecule has 0 spiro atoms. The number of nitrogens with two attached hydrogens (primary N) is 1. The number of ether oxygens (including phenoxy) is 1. The zero-order valence-electron chi connectivity index (χ0n) is 15.3. The third-order valence-corrected chi connectivity index (χ3v) is 4.95. The van der Waals surface area contributed by atoms with Gasteiger partial charge in [0.2, 0.25) is 11.6 Å². The van der Waals surface area contributed by atoms with Crippen LogP contribution in [0.25, 0.3) is 0 Å². The van der Waals surface area contributed by atoms with Crippen LogP contribution in [0.15, 0.2) is 0 Å². The van der Waals surface area contributed by atoms with Gasteiger partial charge in [-0.05, 0) is 31.6 Å². The minimum Gasteiger partial charge on any atom is -0.378 e. The minimum atomic E-state index is -1.37. The van der Waals surface area contributed by atoms with E-state index < -0.39 is 42.7 Å². The molecule has 29 heavy (non-hydrogen) atoms. The van der Waals surface area contributed by atoms with Crippen molar-refractivity contribution in [2.45, 2.75) is 62.2 Å². The molecule has 1 saturated heterocycles. The maximum atomic E-state index is 11.8. The minimum absolute atomic E-state index is 0.110. The van der Waals surface area contributed by atoms with Gasteiger partial charge >= 0.3 is 0 Å². The van der Waals surface area contributed by atoms with Crippen LogP contribution >= 0.6 is 0 Å². The van der Waals surface area contributed by atoms with Gasteiger partial charge in [-0.2, -0.15) is 4.98 Å². The molecule has 13 nitrogen and oxygen atoms in total. The molecular weight excluding hydrogens is 392 g/mol. The Labute approximate surface area is 164 Å². The molecule has 0 radical (unpaired) electrons. The first kappa shape index (κ1) is 21.6. The van der Waals surface area contributed by atoms with Crippen molar-refractivity contribution in [3.63, 3.8) is 0 Å². The highest BCUT2D eigenvalue weighted by Crippen LogP contribution is 2.33. The molecule has 1 aliphatic carbocycles. The van der Waals surface area contributed by atoms with Crippen molar-refractivity contribution in [1.82, 2.24) is 14.8 Å². The van der Waals surface area contributed by atoms with Crippen molar-refractivity contribution in [3.8, 4) is 11.8 Å². The van der Waals surface area contributed by atoms with Gasteiger partial charge in [-0.3, -0.25) is 20.6 Å². The molecule has 0 aromatic carbocycles. The summed E-state index contributed by atoms with van der Waals surface area (Å²) in [5.74, 6) is 3.93. The summed E-state index contributed by atoms with van der Waals surface area (Å²) in [6.07, 6.45) is -1.30. The highest BCUT2D eigenvalue weighted by Gasteiger charge is 2.50. The average Bonchev–Trinajstić information content (AvgIpc) is 3.28. The van der Waals surface area contributed by atoms with Gasteiger partial charge in [-0.1, -0.05) is 12.3 Å². The maximum Gasteiger partial charge on any atom is 0.286 e. The molecular formula is C16H22N4O9. The lowest BCUT2D eigenvalue weighted by Gasteiger charge is -2.26. The van der Waals surface area contributed by atoms with Gasteiger partial charge < -0.3 is 15.6 Å². The van der Waals surface area contributed by atoms with E-state index in [1.807, 2.05) is 0 Å². The lowest BCUT2D eigenvalue weighted by molar-refractivity contribution is -0.357. The summed E-state index contributed by atoms with van der Waals surface area (Å²) in [7, 11) is 0. The largest absolute Gasteiger partial charge is 0.378 e. The fourth-order valence-electron chi connectivity index (χ4n) is 3.51. The highest BCUT2D eigenvalue weighted by atomic mass is 17.1. The van der Waals surface area contributed by atoms with Crippen molar-refractivity contribution in [1.29, 1.82) is 0 Å². The van der Waals surface area contributed by atoms with E-state index in [2.05, 4.69) is 36.6 Å². The second kappa shape index (κ2) is 9.11. The van der Waals surface area contributed by atoms with Crippen LogP contribution in [0.4, 0.5) is 0 Å². The Morgan fingerprint density at radius 1 is 1.24 bits per heavy atom. The molecule has 6 N–H and O–H groups in total. The van der Waals surface area contributed by atoms with E-state index in [0.29, 0.717) is 12.8 Å². The second-order valence-electron chi connectivity index (χ2n) is 6.91. The molecule has 3 rings (SSSR count). The Hall–Kier alpha value is -2.15. The third-order valence-electron chi connectivity index (χ3n) is 4.95. The third kappa shape index (κ3) is 4.55. The molecule has 13 heteroatoms. The topological polar surface area (TPSA) is 192 Å². The monoisotopic (exact) mass is 414 g/mol. The van der Waals surface area contributed by atoms with Crippen molar-refractivity contribution < 1.29 is 45.1 Å². The zero-order valence-corrected chi connectivity index (χ0v) is 15.3. The van der Waals surface area contributed by atoms with E-state index in [9.17, 15) is 15.2 Å². The first-order valence-electron chi connectivity index (χ1n) is 8.96. The molecule has 1 aromatic heterocycles. The zero-order chi connectivity index (χ0) is 21.0. The van der Waals surface area contributed by atoms with Crippen LogP contribution in [-0.2, 0) is 19.4 Å². The van der Waals surface area contributed by atoms with E-state index in [1.54, 1.807) is 0 Å². The lowest BCUT2D eigenvalue weighted by atomic mass is 9.85. The van der Waals surface area contributed by atoms with Crippen molar-refractivity contribution in [3.05, 3.63) is 11.6 Å². The van der Waals surface area contributed by atoms with Gasteiger partial charge in [-0.25, -0.2) is 19.3 Å². The molecule has 1 saturated carbocycles. The van der Waals surface area contributed by atoms with Crippen LogP contribution in [0, 0.1) is 11.8 Å². The summed E-state index contributed by atoms with van der Waals surface area (Å²) in [4.78, 5) is 28.3. The Balaban J connectivity index is 1.92. The van der Waals surface area contributed by atoms with Crippen molar-refractivity contribution in [2.75, 3.05) is 6.61 Å². The molecule has 0 unspecified atom stereocenters. The summed E-state index contributed by atoms with van der Waals surface area (Å²) in [5.41, 5.74) is 4.19. The highest BCUT2D eigenvalue weighted by molar-refractivity contribution is 5.89. The van der Waals surface area contributed by atoms with Gasteiger partial charge in [0.15, 0.2) is 18.4 Å². The number of nitrogens with zero attached hydrogens (tertiary/aromatic N) is 3. The SMILES string of the molecule is NC(=O)c1nc(C#CC2(O)CCCCC2)nn1[C@@H]1O[C@H](COO)[C@@H](OO)[C@H]1OO. The fraction of sp³-hybridized carbons (Fsp3) is 0.688. The Morgan fingerprint density at radius 3 is 2.52 bits per heavy atom. The standard InChI is InChI=1S/C16H22N4O9/c17-13(21)14-18-10(4-7-16(22)5-2-1-3-6-16)19-20(14)15-12(29-25)11(28-24)9(27-15)8-26-23/h9,11-12,15,22-25H,1-3,5-6,8H2,(H2,17,21)/t9-,11-,12-,15-/m1/s1. The van der Waals surface area contributed by atoms with Crippen LogP contribution in [0.1, 0.15) is 54.8 Å². The van der Waals surface area contributed by atoms with Crippen LogP contribution in [0.2, 0.25) is 0 Å². The molecule has 1 aliphatic heterocycles. The Morgan fingerprint density at radius 2 is 1.93 bits per heavy atom. The first-order chi connectivity index (χ1) is 13.9. The van der Waals surface area contributed by atoms with Crippen molar-refractivity contribution >= 4 is 5.91 Å². The average molecular weight is 414 g/mol. The molecule has 2 heterocycles. The van der Waals surface area contributed by atoms with E-state index in [-0.39, 0.29) is 11.6 Å². The number of carbonyl (C=O) groups is 1. The number of rotatable bonds is 6. The Bertz CT molecular complexity index is 783. The molecule has 2 fully saturated rings. The van der Waals surface area contributed by atoms with Crippen LogP contribution < -0.4 is 5.73 Å². The molecule has 2 aliphatic rings. The smallest absolute Gasteiger partial charge is 0.286 e. The molecule has 1 amide bonds. The predicted molar refractivity (Wildman–Crippen MR) is 90.9 cm³/mol. The number of aromatic nitrogens is 3. The van der Waals surface area contributed by atoms with Crippen LogP contribution in [0.3, 0.4) is 0 Å². The normalized spacial score (nSPS) is 28.7. The van der Waals surface area contributed by atoms with Gasteiger partial charge in [0.25, 0.3) is 5.91 Å². The van der Waals surface area contributed by atoms with E-state index >= 15 is 0 Å². The van der Waals surface area contributed by atoms with Crippen molar-refractivity contribution in [2.24, 2.45) is 5.73 Å². The second-order valence-corrected chi connectivity index (χ2v) is 6.91. The summed E-state index contributed by atoms with van der Waals surface area (Å²) in [5, 5.41) is 41.5.